The number of carbonyl (C=O) groups excluding carboxylic acids is 2. The summed E-state index contributed by atoms with van der Waals surface area (Å²) in [5.74, 6) is -0.974. The molecule has 0 bridgehead atoms. The van der Waals surface area contributed by atoms with E-state index < -0.39 is 23.9 Å². The highest BCUT2D eigenvalue weighted by molar-refractivity contribution is 7.16. The van der Waals surface area contributed by atoms with Crippen LogP contribution in [0.3, 0.4) is 0 Å². The summed E-state index contributed by atoms with van der Waals surface area (Å²) in [6.45, 7) is 1.88. The molecular formula is C17H19N5O4S. The summed E-state index contributed by atoms with van der Waals surface area (Å²) in [6, 6.07) is 3.20. The first kappa shape index (κ1) is 19.2. The second-order valence-corrected chi connectivity index (χ2v) is 7.27. The van der Waals surface area contributed by atoms with E-state index >= 15 is 0 Å². The summed E-state index contributed by atoms with van der Waals surface area (Å²) in [7, 11) is 0. The molecule has 0 unspecified atom stereocenters. The monoisotopic (exact) mass is 389 g/mol. The zero-order valence-electron chi connectivity index (χ0n) is 14.4. The van der Waals surface area contributed by atoms with E-state index in [-0.39, 0.29) is 5.92 Å². The van der Waals surface area contributed by atoms with E-state index in [0.29, 0.717) is 6.54 Å². The van der Waals surface area contributed by atoms with E-state index in [1.165, 1.54) is 6.07 Å². The zero-order valence-corrected chi connectivity index (χ0v) is 15.2. The van der Waals surface area contributed by atoms with Crippen molar-refractivity contribution in [2.75, 3.05) is 24.5 Å². The predicted molar refractivity (Wildman–Crippen MR) is 98.0 cm³/mol. The van der Waals surface area contributed by atoms with Gasteiger partial charge in [-0.15, -0.1) is 11.3 Å². The Kier molecular flexibility index (Phi) is 5.95. The number of hydrogen-bond donors (Lipinski definition) is 3. The molecule has 2 aromatic heterocycles. The second kappa shape index (κ2) is 8.39. The highest BCUT2D eigenvalue weighted by atomic mass is 32.1. The lowest BCUT2D eigenvalue weighted by Gasteiger charge is -2.33. The van der Waals surface area contributed by atoms with Crippen molar-refractivity contribution in [2.45, 2.75) is 25.0 Å². The minimum absolute atomic E-state index is 0.209. The van der Waals surface area contributed by atoms with Gasteiger partial charge in [0.15, 0.2) is 12.2 Å². The lowest BCUT2D eigenvalue weighted by molar-refractivity contribution is -0.142. The molecule has 2 aromatic rings. The number of aromatic nitrogens is 2. The highest BCUT2D eigenvalue weighted by Gasteiger charge is 2.30. The van der Waals surface area contributed by atoms with Gasteiger partial charge in [0, 0.05) is 19.6 Å². The van der Waals surface area contributed by atoms with Crippen LogP contribution < -0.4 is 10.2 Å². The first-order chi connectivity index (χ1) is 13.0. The number of anilines is 1. The number of nitrogens with one attached hydrogen (secondary N) is 1. The molecule has 1 saturated heterocycles. The van der Waals surface area contributed by atoms with Crippen LogP contribution in [0.25, 0.3) is 10.2 Å². The van der Waals surface area contributed by atoms with Crippen LogP contribution in [0.5, 0.6) is 0 Å². The second-order valence-electron chi connectivity index (χ2n) is 6.38. The Hall–Kier alpha value is -2.61. The predicted octanol–water partition coefficient (Wildman–Crippen LogP) is -0.162. The van der Waals surface area contributed by atoms with Crippen molar-refractivity contribution < 1.29 is 19.8 Å². The molecule has 1 fully saturated rings. The van der Waals surface area contributed by atoms with E-state index in [1.807, 2.05) is 11.4 Å². The van der Waals surface area contributed by atoms with Gasteiger partial charge in [-0.1, -0.05) is 0 Å². The number of carbonyl (C=O) groups is 2. The number of thiophene rings is 1. The molecule has 2 atom stereocenters. The van der Waals surface area contributed by atoms with Gasteiger partial charge in [-0.3, -0.25) is 9.59 Å². The molecule has 1 aliphatic rings. The van der Waals surface area contributed by atoms with Crippen molar-refractivity contribution in [2.24, 2.45) is 5.92 Å². The number of nitriles is 1. The van der Waals surface area contributed by atoms with Gasteiger partial charge in [0.2, 0.25) is 0 Å². The molecule has 3 N–H and O–H groups in total. The molecule has 0 radical (unpaired) electrons. The van der Waals surface area contributed by atoms with Gasteiger partial charge in [0.05, 0.1) is 5.39 Å². The molecule has 0 aromatic carbocycles. The van der Waals surface area contributed by atoms with Crippen LogP contribution >= 0.6 is 11.3 Å². The Morgan fingerprint density at radius 1 is 1.33 bits per heavy atom. The van der Waals surface area contributed by atoms with Gasteiger partial charge < -0.3 is 20.4 Å². The third-order valence-electron chi connectivity index (χ3n) is 4.67. The number of rotatable bonds is 6. The standard InChI is InChI=1S/C17H19N5O4S/c18-7-12(23)13(24)14(25)16(26)19-8-10-1-4-22(5-2-10)15-11-3-6-27-17(11)21-9-20-15/h3,6,9-10,13-14,24-25H,1-2,4-5,8H2,(H,19,26)/t13-,14+/m0/s1. The van der Waals surface area contributed by atoms with E-state index in [1.54, 1.807) is 17.7 Å². The van der Waals surface area contributed by atoms with Gasteiger partial charge >= 0.3 is 0 Å². The number of ketones is 1. The summed E-state index contributed by atoms with van der Waals surface area (Å²) in [5.41, 5.74) is 0. The Labute approximate surface area is 159 Å². The molecule has 9 nitrogen and oxygen atoms in total. The molecule has 3 rings (SSSR count). The average Bonchev–Trinajstić information content (AvgIpc) is 3.19. The van der Waals surface area contributed by atoms with Crippen LogP contribution in [-0.2, 0) is 9.59 Å². The van der Waals surface area contributed by atoms with Crippen LogP contribution in [0.1, 0.15) is 12.8 Å². The zero-order chi connectivity index (χ0) is 19.4. The third-order valence-corrected chi connectivity index (χ3v) is 5.49. The summed E-state index contributed by atoms with van der Waals surface area (Å²) in [5, 5.41) is 33.0. The maximum Gasteiger partial charge on any atom is 0.263 e. The Morgan fingerprint density at radius 2 is 2.07 bits per heavy atom. The van der Waals surface area contributed by atoms with Gasteiger partial charge in [0.25, 0.3) is 11.7 Å². The number of nitrogens with zero attached hydrogens (tertiary/aromatic N) is 4. The topological polar surface area (TPSA) is 139 Å². The van der Waals surface area contributed by atoms with Crippen molar-refractivity contribution in [3.8, 4) is 6.07 Å². The van der Waals surface area contributed by atoms with E-state index in [4.69, 9.17) is 5.26 Å². The highest BCUT2D eigenvalue weighted by Crippen LogP contribution is 2.29. The minimum Gasteiger partial charge on any atom is -0.381 e. The number of piperidine rings is 1. The van der Waals surface area contributed by atoms with Crippen molar-refractivity contribution in [3.05, 3.63) is 17.8 Å². The molecule has 3 heterocycles. The quantitative estimate of drug-likeness (QED) is 0.579. The normalized spacial score (nSPS) is 17.3. The van der Waals surface area contributed by atoms with Crippen molar-refractivity contribution in [1.29, 1.82) is 5.26 Å². The summed E-state index contributed by atoms with van der Waals surface area (Å²) in [6.07, 6.45) is -0.750. The summed E-state index contributed by atoms with van der Waals surface area (Å²) < 4.78 is 0. The molecule has 0 aliphatic carbocycles. The van der Waals surface area contributed by atoms with Crippen molar-refractivity contribution in [3.63, 3.8) is 0 Å². The summed E-state index contributed by atoms with van der Waals surface area (Å²) >= 11 is 1.57. The van der Waals surface area contributed by atoms with Crippen LogP contribution in [0.4, 0.5) is 5.82 Å². The molecule has 1 amide bonds. The smallest absolute Gasteiger partial charge is 0.263 e. The number of Topliss-reactive ketones (excluding diaryl/α,β-unsaturated/α-hetero) is 1. The molecule has 0 saturated carbocycles. The maximum absolute atomic E-state index is 11.8. The fourth-order valence-electron chi connectivity index (χ4n) is 3.08. The molecule has 1 aliphatic heterocycles. The van der Waals surface area contributed by atoms with Crippen LogP contribution in [0.15, 0.2) is 17.8 Å². The average molecular weight is 389 g/mol. The van der Waals surface area contributed by atoms with Crippen molar-refractivity contribution in [1.82, 2.24) is 15.3 Å². The van der Waals surface area contributed by atoms with Gasteiger partial charge in [-0.2, -0.15) is 5.26 Å². The van der Waals surface area contributed by atoms with Crippen LogP contribution in [0, 0.1) is 17.2 Å². The first-order valence-electron chi connectivity index (χ1n) is 8.52. The Balaban J connectivity index is 1.50. The summed E-state index contributed by atoms with van der Waals surface area (Å²) in [4.78, 5) is 34.7. The fourth-order valence-corrected chi connectivity index (χ4v) is 3.81. The van der Waals surface area contributed by atoms with Gasteiger partial charge in [-0.05, 0) is 30.2 Å². The fraction of sp³-hybridized carbons (Fsp3) is 0.471. The SMILES string of the molecule is N#CC(=O)[C@H](O)[C@@H](O)C(=O)NCC1CCN(c2ncnc3sccc23)CC1. The number of amides is 1. The number of aliphatic hydroxyl groups excluding tert-OH is 2. The molecular weight excluding hydrogens is 370 g/mol. The van der Waals surface area contributed by atoms with E-state index in [9.17, 15) is 19.8 Å². The first-order valence-corrected chi connectivity index (χ1v) is 9.40. The number of hydrogen-bond acceptors (Lipinski definition) is 9. The molecule has 10 heteroatoms. The van der Waals surface area contributed by atoms with E-state index in [2.05, 4.69) is 20.2 Å². The number of fused-ring (bicyclic) bond motifs is 1. The maximum atomic E-state index is 11.8. The van der Waals surface area contributed by atoms with E-state index in [0.717, 1.165) is 42.0 Å². The third kappa shape index (κ3) is 4.21. The minimum atomic E-state index is -2.03. The lowest BCUT2D eigenvalue weighted by atomic mass is 9.96. The van der Waals surface area contributed by atoms with Crippen molar-refractivity contribution >= 4 is 39.1 Å². The Bertz CT molecular complexity index is 872. The van der Waals surface area contributed by atoms with Gasteiger partial charge in [0.1, 0.15) is 23.0 Å². The lowest BCUT2D eigenvalue weighted by Crippen LogP contribution is -2.47. The Morgan fingerprint density at radius 3 is 2.78 bits per heavy atom. The molecule has 142 valence electrons. The number of aliphatic hydroxyl groups is 2. The largest absolute Gasteiger partial charge is 0.381 e. The molecule has 0 spiro atoms. The van der Waals surface area contributed by atoms with Gasteiger partial charge in [-0.25, -0.2) is 9.97 Å². The molecule has 27 heavy (non-hydrogen) atoms. The van der Waals surface area contributed by atoms with Crippen LogP contribution in [-0.4, -0.2) is 63.7 Å². The van der Waals surface area contributed by atoms with Crippen LogP contribution in [0.2, 0.25) is 0 Å².